The number of fused-ring (bicyclic) bond motifs is 8. The molecule has 3 aliphatic heterocycles. The predicted octanol–water partition coefficient (Wildman–Crippen LogP) is 5.63. The van der Waals surface area contributed by atoms with E-state index >= 15 is 4.39 Å². The summed E-state index contributed by atoms with van der Waals surface area (Å²) in [5.74, 6) is -1.05. The van der Waals surface area contributed by atoms with E-state index in [2.05, 4.69) is 21.6 Å². The van der Waals surface area contributed by atoms with Gasteiger partial charge in [0, 0.05) is 47.9 Å². The van der Waals surface area contributed by atoms with Gasteiger partial charge < -0.3 is 14.4 Å². The number of carbonyl (C=O) groups excluding carboxylic acids is 2. The summed E-state index contributed by atoms with van der Waals surface area (Å²) in [5, 5.41) is 0.520. The van der Waals surface area contributed by atoms with Crippen LogP contribution >= 0.6 is 0 Å². The van der Waals surface area contributed by atoms with Crippen LogP contribution in [-0.2, 0) is 19.6 Å². The van der Waals surface area contributed by atoms with Gasteiger partial charge in [-0.25, -0.2) is 17.5 Å². The number of aromatic nitrogens is 1. The minimum atomic E-state index is -3.85. The number of rotatable bonds is 5. The Morgan fingerprint density at radius 3 is 2.45 bits per heavy atom. The van der Waals surface area contributed by atoms with Crippen LogP contribution in [0.25, 0.3) is 22.7 Å². The maximum atomic E-state index is 15.8. The Kier molecular flexibility index (Phi) is 6.46. The molecule has 0 radical (unpaired) electrons. The number of hydrogen-bond donors (Lipinski definition) is 1. The Bertz CT molecular complexity index is 2000. The molecule has 4 heterocycles. The van der Waals surface area contributed by atoms with Crippen LogP contribution in [0.2, 0.25) is 0 Å². The summed E-state index contributed by atoms with van der Waals surface area (Å²) < 4.78 is 45.5. The highest BCUT2D eigenvalue weighted by atomic mass is 32.2. The number of nitrogens with one attached hydrogen (secondary N) is 1. The molecule has 3 atom stereocenters. The summed E-state index contributed by atoms with van der Waals surface area (Å²) in [6.07, 6.45) is 14.9. The first-order chi connectivity index (χ1) is 22.6. The summed E-state index contributed by atoms with van der Waals surface area (Å²) in [7, 11) is -1.73. The van der Waals surface area contributed by atoms with Gasteiger partial charge >= 0.3 is 0 Å². The van der Waals surface area contributed by atoms with E-state index in [1.54, 1.807) is 13.0 Å². The van der Waals surface area contributed by atoms with Crippen molar-refractivity contribution >= 4 is 44.5 Å². The maximum Gasteiger partial charge on any atom is 0.266 e. The first kappa shape index (κ1) is 29.6. The fourth-order valence-electron chi connectivity index (χ4n) is 9.26. The van der Waals surface area contributed by atoms with E-state index in [-0.39, 0.29) is 23.8 Å². The zero-order valence-electron chi connectivity index (χ0n) is 27.0. The average molecular weight is 657 g/mol. The van der Waals surface area contributed by atoms with E-state index in [1.807, 2.05) is 35.1 Å². The number of piperazine rings is 1. The minimum Gasteiger partial charge on any atom is -0.334 e. The molecule has 4 fully saturated rings. The van der Waals surface area contributed by atoms with Crippen molar-refractivity contribution < 1.29 is 22.4 Å². The molecule has 1 N–H and O–H groups in total. The molecular formula is C37H41FN4O4S. The van der Waals surface area contributed by atoms with Crippen molar-refractivity contribution in [1.29, 1.82) is 0 Å². The van der Waals surface area contributed by atoms with Crippen LogP contribution in [0.1, 0.15) is 88.3 Å². The highest BCUT2D eigenvalue weighted by molar-refractivity contribution is 7.91. The smallest absolute Gasteiger partial charge is 0.266 e. The van der Waals surface area contributed by atoms with Gasteiger partial charge in [0.25, 0.3) is 5.91 Å². The summed E-state index contributed by atoms with van der Waals surface area (Å²) in [6, 6.07) is 5.73. The summed E-state index contributed by atoms with van der Waals surface area (Å²) in [4.78, 5) is 32.9. The molecule has 246 valence electrons. The van der Waals surface area contributed by atoms with E-state index in [1.165, 1.54) is 6.42 Å². The van der Waals surface area contributed by atoms with E-state index in [4.69, 9.17) is 0 Å². The van der Waals surface area contributed by atoms with E-state index in [0.29, 0.717) is 47.3 Å². The zero-order chi connectivity index (χ0) is 32.4. The van der Waals surface area contributed by atoms with E-state index in [9.17, 15) is 18.0 Å². The van der Waals surface area contributed by atoms with Gasteiger partial charge in [-0.2, -0.15) is 0 Å². The topological polar surface area (TPSA) is 91.7 Å². The molecule has 2 saturated carbocycles. The zero-order valence-corrected chi connectivity index (χ0v) is 27.8. The first-order valence-electron chi connectivity index (χ1n) is 17.4. The van der Waals surface area contributed by atoms with Gasteiger partial charge in [-0.1, -0.05) is 37.5 Å². The van der Waals surface area contributed by atoms with Gasteiger partial charge in [-0.05, 0) is 93.7 Å². The molecule has 47 heavy (non-hydrogen) atoms. The molecular weight excluding hydrogens is 615 g/mol. The number of carbonyl (C=O) groups is 2. The van der Waals surface area contributed by atoms with Crippen molar-refractivity contribution in [2.75, 3.05) is 20.1 Å². The number of amides is 2. The van der Waals surface area contributed by atoms with Crippen molar-refractivity contribution in [2.24, 2.45) is 5.92 Å². The van der Waals surface area contributed by atoms with Crippen LogP contribution in [-0.4, -0.2) is 71.6 Å². The lowest BCUT2D eigenvalue weighted by atomic mass is 9.82. The molecule has 2 aromatic rings. The van der Waals surface area contributed by atoms with Gasteiger partial charge in [0.05, 0.1) is 27.4 Å². The fourth-order valence-corrected chi connectivity index (χ4v) is 10.5. The second kappa shape index (κ2) is 10.3. The largest absolute Gasteiger partial charge is 0.334 e. The number of halogens is 1. The third kappa shape index (κ3) is 4.43. The Balaban J connectivity index is 1.22. The number of sulfonamides is 1. The first-order valence-corrected chi connectivity index (χ1v) is 18.8. The fraction of sp³-hybridized carbons (Fsp3) is 0.514. The molecule has 0 spiro atoms. The summed E-state index contributed by atoms with van der Waals surface area (Å²) in [5.41, 5.74) is 5.92. The quantitative estimate of drug-likeness (QED) is 0.451. The van der Waals surface area contributed by atoms with Crippen molar-refractivity contribution in [1.82, 2.24) is 19.1 Å². The molecule has 2 saturated heterocycles. The van der Waals surface area contributed by atoms with E-state index in [0.717, 1.165) is 79.5 Å². The molecule has 2 bridgehead atoms. The summed E-state index contributed by atoms with van der Waals surface area (Å²) >= 11 is 0. The van der Waals surface area contributed by atoms with Crippen LogP contribution < -0.4 is 4.72 Å². The van der Waals surface area contributed by atoms with Crippen molar-refractivity contribution in [3.63, 3.8) is 0 Å². The van der Waals surface area contributed by atoms with E-state index < -0.39 is 26.6 Å². The van der Waals surface area contributed by atoms with Crippen LogP contribution in [0.15, 0.2) is 52.6 Å². The highest BCUT2D eigenvalue weighted by Crippen LogP contribution is 2.55. The number of benzene rings is 1. The van der Waals surface area contributed by atoms with Crippen LogP contribution in [0.4, 0.5) is 4.39 Å². The lowest BCUT2D eigenvalue weighted by molar-refractivity contribution is -0.139. The van der Waals surface area contributed by atoms with Crippen LogP contribution in [0.3, 0.4) is 0 Å². The molecule has 4 aliphatic carbocycles. The molecule has 9 rings (SSSR count). The van der Waals surface area contributed by atoms with Gasteiger partial charge in [0.2, 0.25) is 15.9 Å². The van der Waals surface area contributed by atoms with Crippen molar-refractivity contribution in [3.8, 4) is 0 Å². The number of allylic oxidation sites excluding steroid dienone is 4. The van der Waals surface area contributed by atoms with Gasteiger partial charge in [-0.3, -0.25) is 9.59 Å². The molecule has 1 aromatic carbocycles. The number of likely N-dealkylation sites (tertiary alicyclic amines) is 1. The predicted molar refractivity (Wildman–Crippen MR) is 179 cm³/mol. The lowest BCUT2D eigenvalue weighted by Gasteiger charge is -2.41. The monoisotopic (exact) mass is 656 g/mol. The Hall–Kier alpha value is -3.50. The average Bonchev–Trinajstić information content (AvgIpc) is 3.92. The van der Waals surface area contributed by atoms with Gasteiger partial charge in [0.15, 0.2) is 0 Å². The van der Waals surface area contributed by atoms with Crippen LogP contribution in [0, 0.1) is 11.7 Å². The second-order valence-electron chi connectivity index (χ2n) is 15.2. The molecule has 2 unspecified atom stereocenters. The maximum absolute atomic E-state index is 15.8. The van der Waals surface area contributed by atoms with Gasteiger partial charge in [0.1, 0.15) is 5.82 Å². The minimum absolute atomic E-state index is 0.0900. The Labute approximate surface area is 275 Å². The number of nitrogens with zero attached hydrogens (tertiary/aromatic N) is 3. The van der Waals surface area contributed by atoms with Crippen LogP contribution in [0.5, 0.6) is 0 Å². The third-order valence-electron chi connectivity index (χ3n) is 12.1. The lowest BCUT2D eigenvalue weighted by Crippen LogP contribution is -2.56. The molecule has 1 aromatic heterocycles. The number of likely N-dealkylation sites (N-methyl/N-ethyl adjacent to an activating group) is 1. The second-order valence-corrected chi connectivity index (χ2v) is 17.4. The Morgan fingerprint density at radius 2 is 1.74 bits per heavy atom. The molecule has 10 heteroatoms. The normalized spacial score (nSPS) is 28.1. The third-order valence-corrected chi connectivity index (χ3v) is 14.3. The Morgan fingerprint density at radius 1 is 1.02 bits per heavy atom. The summed E-state index contributed by atoms with van der Waals surface area (Å²) in [6.45, 7) is 3.36. The number of hydrogen-bond acceptors (Lipinski definition) is 5. The van der Waals surface area contributed by atoms with Crippen molar-refractivity contribution in [2.45, 2.75) is 93.9 Å². The SMILES string of the molecule is CN1CC2CCC(C1)N2C(=O)[C@@H]1CC=CC2=C1c1cc3c(F)ccc(C4CCCCC4)c3n1C=C1C(C(=O)NS(=O)(=O)C3(C)CC3)=C12. The highest BCUT2D eigenvalue weighted by Gasteiger charge is 2.53. The van der Waals surface area contributed by atoms with Gasteiger partial charge in [-0.15, -0.1) is 0 Å². The molecule has 8 nitrogen and oxygen atoms in total. The molecule has 7 aliphatic rings. The standard InChI is InChI=1S/C37H41FN4O4S/c1-37(15-16-37)47(45,46)39-35(43)33-28-20-41-30(17-27-29(38)14-13-24(34(27)41)21-7-4-3-5-8-21)31-25(32(28)33)9-6-10-26(31)36(44)42-22-11-12-23(42)19-40(2)18-22/h6,9,13-14,17,20-23,26H,3-5,7-8,10-12,15-16,18-19H2,1-2H3,(H,39,43)/t22?,23?,26-/m1/s1. The molecule has 2 amide bonds. The van der Waals surface area contributed by atoms with Crippen molar-refractivity contribution in [3.05, 3.63) is 69.7 Å².